The minimum absolute atomic E-state index is 0.219. The summed E-state index contributed by atoms with van der Waals surface area (Å²) < 4.78 is 33.3. The number of benzene rings is 2. The molecule has 0 spiro atoms. The van der Waals surface area contributed by atoms with Gasteiger partial charge in [-0.3, -0.25) is 0 Å². The zero-order valence-corrected chi connectivity index (χ0v) is 15.5. The Hall–Kier alpha value is -1.69. The van der Waals surface area contributed by atoms with Crippen molar-refractivity contribution in [2.75, 3.05) is 6.61 Å². The van der Waals surface area contributed by atoms with Crippen LogP contribution in [-0.2, 0) is 14.8 Å². The zero-order valence-electron chi connectivity index (χ0n) is 14.7. The van der Waals surface area contributed by atoms with E-state index in [1.54, 1.807) is 13.8 Å². The van der Waals surface area contributed by atoms with Crippen molar-refractivity contribution in [1.29, 1.82) is 0 Å². The van der Waals surface area contributed by atoms with Gasteiger partial charge in [0.15, 0.2) is 0 Å². The molecule has 1 N–H and O–H groups in total. The molecule has 0 radical (unpaired) electrons. The highest BCUT2D eigenvalue weighted by molar-refractivity contribution is 7.90. The smallest absolute Gasteiger partial charge is 0.214 e. The molecule has 1 saturated heterocycles. The van der Waals surface area contributed by atoms with Crippen LogP contribution < -0.4 is 4.72 Å². The molecule has 0 amide bonds. The van der Waals surface area contributed by atoms with E-state index in [9.17, 15) is 8.42 Å². The van der Waals surface area contributed by atoms with Crippen molar-refractivity contribution in [2.24, 2.45) is 0 Å². The van der Waals surface area contributed by atoms with Crippen molar-refractivity contribution < 1.29 is 13.2 Å². The lowest BCUT2D eigenvalue weighted by Crippen LogP contribution is -2.45. The van der Waals surface area contributed by atoms with Crippen LogP contribution in [0.1, 0.15) is 38.4 Å². The van der Waals surface area contributed by atoms with Crippen LogP contribution >= 0.6 is 0 Å². The molecule has 5 heteroatoms. The number of ether oxygens (including phenoxy) is 1. The van der Waals surface area contributed by atoms with Gasteiger partial charge in [-0.05, 0) is 43.4 Å². The van der Waals surface area contributed by atoms with Crippen LogP contribution in [0.25, 0.3) is 11.1 Å². The quantitative estimate of drug-likeness (QED) is 0.881. The molecule has 2 atom stereocenters. The molecule has 134 valence electrons. The molecule has 2 aromatic carbocycles. The third-order valence-electron chi connectivity index (χ3n) is 4.60. The predicted octanol–water partition coefficient (Wildman–Crippen LogP) is 3.90. The first-order chi connectivity index (χ1) is 12.0. The lowest BCUT2D eigenvalue weighted by Gasteiger charge is -2.33. The van der Waals surface area contributed by atoms with E-state index in [2.05, 4.69) is 29.0 Å². The molecule has 0 saturated carbocycles. The minimum atomic E-state index is -3.32. The summed E-state index contributed by atoms with van der Waals surface area (Å²) >= 11 is 0. The molecule has 0 bridgehead atoms. The van der Waals surface area contributed by atoms with Gasteiger partial charge in [-0.2, -0.15) is 0 Å². The molecule has 1 aliphatic heterocycles. The van der Waals surface area contributed by atoms with Crippen molar-refractivity contribution in [3.05, 3.63) is 60.2 Å². The average Bonchev–Trinajstić information content (AvgIpc) is 2.63. The summed E-state index contributed by atoms with van der Waals surface area (Å²) in [6.07, 6.45) is 1.41. The van der Waals surface area contributed by atoms with Crippen LogP contribution in [0.15, 0.2) is 54.6 Å². The third kappa shape index (κ3) is 4.29. The Morgan fingerprint density at radius 2 is 1.64 bits per heavy atom. The largest absolute Gasteiger partial charge is 0.372 e. The first-order valence-electron chi connectivity index (χ1n) is 8.75. The van der Waals surface area contributed by atoms with Gasteiger partial charge in [0, 0.05) is 6.61 Å². The number of nitrogens with one attached hydrogen (secondary N) is 1. The molecule has 2 aromatic rings. The summed E-state index contributed by atoms with van der Waals surface area (Å²) in [5.41, 5.74) is 3.31. The Bertz CT molecular complexity index is 785. The molecule has 1 heterocycles. The second-order valence-electron chi connectivity index (χ2n) is 6.74. The van der Waals surface area contributed by atoms with Gasteiger partial charge in [0.2, 0.25) is 10.0 Å². The molecule has 1 fully saturated rings. The second kappa shape index (κ2) is 7.68. The number of hydrogen-bond donors (Lipinski definition) is 1. The summed E-state index contributed by atoms with van der Waals surface area (Å²) in [5.74, 6) is 0. The topological polar surface area (TPSA) is 55.4 Å². The fourth-order valence-electron chi connectivity index (χ4n) is 3.07. The van der Waals surface area contributed by atoms with Gasteiger partial charge in [-0.15, -0.1) is 0 Å². The Morgan fingerprint density at radius 1 is 1.00 bits per heavy atom. The normalized spacial score (nSPS) is 21.4. The maximum atomic E-state index is 12.2. The van der Waals surface area contributed by atoms with E-state index >= 15 is 0 Å². The number of sulfonamides is 1. The van der Waals surface area contributed by atoms with Crippen molar-refractivity contribution in [1.82, 2.24) is 4.72 Å². The average molecular weight is 359 g/mol. The van der Waals surface area contributed by atoms with Gasteiger partial charge in [-0.25, -0.2) is 13.1 Å². The van der Waals surface area contributed by atoms with E-state index in [-0.39, 0.29) is 12.1 Å². The van der Waals surface area contributed by atoms with Gasteiger partial charge in [0.25, 0.3) is 0 Å². The lowest BCUT2D eigenvalue weighted by molar-refractivity contribution is -0.00446. The van der Waals surface area contributed by atoms with E-state index in [0.29, 0.717) is 6.61 Å². The summed E-state index contributed by atoms with van der Waals surface area (Å²) in [4.78, 5) is 0. The van der Waals surface area contributed by atoms with Crippen molar-refractivity contribution >= 4 is 10.0 Å². The highest BCUT2D eigenvalue weighted by Gasteiger charge is 2.31. The van der Waals surface area contributed by atoms with Crippen molar-refractivity contribution in [2.45, 2.75) is 44.1 Å². The molecule has 0 aliphatic carbocycles. The molecule has 0 unspecified atom stereocenters. The van der Waals surface area contributed by atoms with Crippen LogP contribution in [-0.4, -0.2) is 26.3 Å². The first-order valence-corrected chi connectivity index (χ1v) is 10.3. The fourth-order valence-corrected chi connectivity index (χ4v) is 4.01. The van der Waals surface area contributed by atoms with Gasteiger partial charge in [0.05, 0.1) is 17.4 Å². The lowest BCUT2D eigenvalue weighted by atomic mass is 9.95. The number of hydrogen-bond acceptors (Lipinski definition) is 3. The third-order valence-corrected chi connectivity index (χ3v) is 6.48. The summed E-state index contributed by atoms with van der Waals surface area (Å²) in [5, 5.41) is -0.449. The minimum Gasteiger partial charge on any atom is -0.372 e. The van der Waals surface area contributed by atoms with Gasteiger partial charge in [-0.1, -0.05) is 54.6 Å². The molecular formula is C20H25NO3S. The molecular weight excluding hydrogens is 334 g/mol. The summed E-state index contributed by atoms with van der Waals surface area (Å²) in [7, 11) is -3.32. The Kier molecular flexibility index (Phi) is 5.57. The van der Waals surface area contributed by atoms with Crippen LogP contribution in [0.2, 0.25) is 0 Å². The van der Waals surface area contributed by atoms with Gasteiger partial charge in [0.1, 0.15) is 0 Å². The highest BCUT2D eigenvalue weighted by Crippen LogP contribution is 2.31. The highest BCUT2D eigenvalue weighted by atomic mass is 32.2. The van der Waals surface area contributed by atoms with E-state index < -0.39 is 15.3 Å². The zero-order chi connectivity index (χ0) is 17.9. The van der Waals surface area contributed by atoms with Crippen molar-refractivity contribution in [3.8, 4) is 11.1 Å². The Morgan fingerprint density at radius 3 is 2.28 bits per heavy atom. The SMILES string of the molecule is CC(C)S(=O)(=O)N[C@H]1CCCO[C@H]1c1ccc(-c2ccccc2)cc1. The van der Waals surface area contributed by atoms with Crippen LogP contribution in [0.3, 0.4) is 0 Å². The van der Waals surface area contributed by atoms with Crippen LogP contribution in [0, 0.1) is 0 Å². The van der Waals surface area contributed by atoms with E-state index in [0.717, 1.165) is 29.5 Å². The standard InChI is InChI=1S/C20H25NO3S/c1-15(2)25(22,23)21-19-9-6-14-24-20(19)18-12-10-17(11-13-18)16-7-4-3-5-8-16/h3-5,7-8,10-13,15,19-21H,6,9,14H2,1-2H3/t19-,20-/m0/s1. The fraction of sp³-hybridized carbons (Fsp3) is 0.400. The first kappa shape index (κ1) is 18.1. The molecule has 4 nitrogen and oxygen atoms in total. The Labute approximate surface area is 150 Å². The molecule has 0 aromatic heterocycles. The maximum absolute atomic E-state index is 12.2. The number of rotatable bonds is 5. The monoisotopic (exact) mass is 359 g/mol. The van der Waals surface area contributed by atoms with Crippen molar-refractivity contribution in [3.63, 3.8) is 0 Å². The summed E-state index contributed by atoms with van der Waals surface area (Å²) in [6.45, 7) is 4.04. The maximum Gasteiger partial charge on any atom is 0.214 e. The van der Waals surface area contributed by atoms with Crippen LogP contribution in [0.5, 0.6) is 0 Å². The van der Waals surface area contributed by atoms with Crippen LogP contribution in [0.4, 0.5) is 0 Å². The van der Waals surface area contributed by atoms with E-state index in [4.69, 9.17) is 4.74 Å². The Balaban J connectivity index is 1.81. The van der Waals surface area contributed by atoms with Gasteiger partial charge < -0.3 is 4.74 Å². The van der Waals surface area contributed by atoms with E-state index in [1.807, 2.05) is 30.3 Å². The summed E-state index contributed by atoms with van der Waals surface area (Å²) in [6, 6.07) is 18.2. The molecule has 3 rings (SSSR count). The molecule has 1 aliphatic rings. The second-order valence-corrected chi connectivity index (χ2v) is 9.01. The van der Waals surface area contributed by atoms with E-state index in [1.165, 1.54) is 0 Å². The van der Waals surface area contributed by atoms with Gasteiger partial charge >= 0.3 is 0 Å². The molecule has 25 heavy (non-hydrogen) atoms. The predicted molar refractivity (Wildman–Crippen MR) is 101 cm³/mol.